The zero-order valence-electron chi connectivity index (χ0n) is 9.27. The lowest BCUT2D eigenvalue weighted by atomic mass is 10.2. The standard InChI is InChI=1S/C12H11Cl2N3/c1-17(11-5-6-15-12(14)16-11)8-9-3-2-4-10(13)7-9/h2-7H,8H2,1H3. The van der Waals surface area contributed by atoms with Crippen LogP contribution in [0.4, 0.5) is 5.82 Å². The summed E-state index contributed by atoms with van der Waals surface area (Å²) in [6, 6.07) is 9.55. The second kappa shape index (κ2) is 5.34. The molecule has 0 aliphatic heterocycles. The molecule has 17 heavy (non-hydrogen) atoms. The Morgan fingerprint density at radius 3 is 2.76 bits per heavy atom. The van der Waals surface area contributed by atoms with Gasteiger partial charge in [-0.25, -0.2) is 9.97 Å². The van der Waals surface area contributed by atoms with E-state index in [4.69, 9.17) is 23.2 Å². The maximum Gasteiger partial charge on any atom is 0.224 e. The van der Waals surface area contributed by atoms with E-state index in [1.807, 2.05) is 42.3 Å². The molecule has 0 saturated carbocycles. The lowest BCUT2D eigenvalue weighted by Crippen LogP contribution is -2.17. The van der Waals surface area contributed by atoms with Gasteiger partial charge in [-0.1, -0.05) is 23.7 Å². The summed E-state index contributed by atoms with van der Waals surface area (Å²) in [5.74, 6) is 0.782. The van der Waals surface area contributed by atoms with Crippen LogP contribution in [0.5, 0.6) is 0 Å². The minimum atomic E-state index is 0.250. The first-order valence-corrected chi connectivity index (χ1v) is 5.85. The topological polar surface area (TPSA) is 29.0 Å². The van der Waals surface area contributed by atoms with Crippen molar-refractivity contribution >= 4 is 29.0 Å². The quantitative estimate of drug-likeness (QED) is 0.799. The molecule has 0 radical (unpaired) electrons. The summed E-state index contributed by atoms with van der Waals surface area (Å²) in [6.07, 6.45) is 1.64. The van der Waals surface area contributed by atoms with Crippen LogP contribution < -0.4 is 4.90 Å². The van der Waals surface area contributed by atoms with Gasteiger partial charge in [-0.2, -0.15) is 0 Å². The van der Waals surface area contributed by atoms with E-state index in [2.05, 4.69) is 9.97 Å². The molecule has 2 aromatic rings. The van der Waals surface area contributed by atoms with E-state index in [0.29, 0.717) is 6.54 Å². The van der Waals surface area contributed by atoms with Crippen molar-refractivity contribution in [1.29, 1.82) is 0 Å². The molecule has 0 amide bonds. The molecule has 88 valence electrons. The maximum atomic E-state index is 5.93. The number of hydrogen-bond donors (Lipinski definition) is 0. The summed E-state index contributed by atoms with van der Waals surface area (Å²) in [4.78, 5) is 9.97. The molecule has 0 saturated heterocycles. The van der Waals surface area contributed by atoms with Gasteiger partial charge in [0.05, 0.1) is 0 Å². The van der Waals surface area contributed by atoms with Crippen LogP contribution in [0.2, 0.25) is 10.3 Å². The van der Waals surface area contributed by atoms with Crippen LogP contribution in [0.1, 0.15) is 5.56 Å². The first-order valence-electron chi connectivity index (χ1n) is 5.09. The number of benzene rings is 1. The molecule has 1 aromatic heterocycles. The lowest BCUT2D eigenvalue weighted by molar-refractivity contribution is 0.891. The third-order valence-electron chi connectivity index (χ3n) is 2.31. The first-order chi connectivity index (χ1) is 8.15. The first kappa shape index (κ1) is 12.1. The molecule has 0 N–H and O–H groups in total. The number of anilines is 1. The van der Waals surface area contributed by atoms with Gasteiger partial charge in [-0.3, -0.25) is 0 Å². The fourth-order valence-corrected chi connectivity index (χ4v) is 1.88. The summed E-state index contributed by atoms with van der Waals surface area (Å²) in [7, 11) is 1.94. The minimum Gasteiger partial charge on any atom is -0.355 e. The summed E-state index contributed by atoms with van der Waals surface area (Å²) < 4.78 is 0. The van der Waals surface area contributed by atoms with Crippen LogP contribution in [0.25, 0.3) is 0 Å². The SMILES string of the molecule is CN(Cc1cccc(Cl)c1)c1ccnc(Cl)n1. The van der Waals surface area contributed by atoms with Crippen molar-refractivity contribution in [3.05, 3.63) is 52.4 Å². The molecular formula is C12H11Cl2N3. The third-order valence-corrected chi connectivity index (χ3v) is 2.73. The second-order valence-electron chi connectivity index (χ2n) is 3.67. The Hall–Kier alpha value is -1.32. The molecule has 0 unspecified atom stereocenters. The smallest absolute Gasteiger partial charge is 0.224 e. The van der Waals surface area contributed by atoms with Crippen LogP contribution in [-0.4, -0.2) is 17.0 Å². The van der Waals surface area contributed by atoms with Crippen molar-refractivity contribution in [2.75, 3.05) is 11.9 Å². The molecule has 0 aliphatic rings. The Morgan fingerprint density at radius 1 is 1.24 bits per heavy atom. The van der Waals surface area contributed by atoms with Gasteiger partial charge in [0.15, 0.2) is 0 Å². The number of halogens is 2. The Bertz CT molecular complexity index is 517. The molecule has 0 bridgehead atoms. The van der Waals surface area contributed by atoms with Crippen molar-refractivity contribution < 1.29 is 0 Å². The van der Waals surface area contributed by atoms with Crippen molar-refractivity contribution in [3.63, 3.8) is 0 Å². The van der Waals surface area contributed by atoms with Crippen molar-refractivity contribution in [3.8, 4) is 0 Å². The van der Waals surface area contributed by atoms with Crippen LogP contribution in [0, 0.1) is 0 Å². The number of nitrogens with zero attached hydrogens (tertiary/aromatic N) is 3. The van der Waals surface area contributed by atoms with Gasteiger partial charge in [-0.05, 0) is 35.4 Å². The van der Waals surface area contributed by atoms with Crippen LogP contribution >= 0.6 is 23.2 Å². The summed E-state index contributed by atoms with van der Waals surface area (Å²) in [5, 5.41) is 0.983. The predicted octanol–water partition coefficient (Wildman–Crippen LogP) is 3.42. The van der Waals surface area contributed by atoms with E-state index >= 15 is 0 Å². The van der Waals surface area contributed by atoms with E-state index < -0.39 is 0 Å². The number of aromatic nitrogens is 2. The second-order valence-corrected chi connectivity index (χ2v) is 4.44. The number of rotatable bonds is 3. The highest BCUT2D eigenvalue weighted by Gasteiger charge is 2.04. The molecule has 0 atom stereocenters. The largest absolute Gasteiger partial charge is 0.355 e. The zero-order valence-corrected chi connectivity index (χ0v) is 10.8. The number of hydrogen-bond acceptors (Lipinski definition) is 3. The fourth-order valence-electron chi connectivity index (χ4n) is 1.53. The average Bonchev–Trinajstić information content (AvgIpc) is 2.29. The molecule has 2 rings (SSSR count). The molecule has 5 heteroatoms. The summed E-state index contributed by atoms with van der Waals surface area (Å²) >= 11 is 11.7. The van der Waals surface area contributed by atoms with Gasteiger partial charge in [0.2, 0.25) is 5.28 Å². The minimum absolute atomic E-state index is 0.250. The molecule has 3 nitrogen and oxygen atoms in total. The highest BCUT2D eigenvalue weighted by molar-refractivity contribution is 6.30. The van der Waals surface area contributed by atoms with Crippen LogP contribution in [-0.2, 0) is 6.54 Å². The van der Waals surface area contributed by atoms with Crippen molar-refractivity contribution in [2.24, 2.45) is 0 Å². The van der Waals surface area contributed by atoms with E-state index in [1.165, 1.54) is 0 Å². The molecule has 0 fully saturated rings. The van der Waals surface area contributed by atoms with Crippen LogP contribution in [0.15, 0.2) is 36.5 Å². The van der Waals surface area contributed by atoms with Crippen molar-refractivity contribution in [2.45, 2.75) is 6.54 Å². The van der Waals surface area contributed by atoms with E-state index in [1.54, 1.807) is 6.20 Å². The third kappa shape index (κ3) is 3.32. The highest BCUT2D eigenvalue weighted by Crippen LogP contribution is 2.16. The average molecular weight is 268 g/mol. The van der Waals surface area contributed by atoms with Crippen LogP contribution in [0.3, 0.4) is 0 Å². The van der Waals surface area contributed by atoms with Gasteiger partial charge in [0.25, 0.3) is 0 Å². The van der Waals surface area contributed by atoms with Gasteiger partial charge in [0.1, 0.15) is 5.82 Å². The van der Waals surface area contributed by atoms with Gasteiger partial charge in [0, 0.05) is 24.8 Å². The van der Waals surface area contributed by atoms with Gasteiger partial charge < -0.3 is 4.90 Å². The predicted molar refractivity (Wildman–Crippen MR) is 70.6 cm³/mol. The highest BCUT2D eigenvalue weighted by atomic mass is 35.5. The van der Waals surface area contributed by atoms with Gasteiger partial charge >= 0.3 is 0 Å². The van der Waals surface area contributed by atoms with Crippen molar-refractivity contribution in [1.82, 2.24) is 9.97 Å². The van der Waals surface area contributed by atoms with E-state index in [9.17, 15) is 0 Å². The maximum absolute atomic E-state index is 5.93. The lowest BCUT2D eigenvalue weighted by Gasteiger charge is -2.18. The van der Waals surface area contributed by atoms with E-state index in [0.717, 1.165) is 16.4 Å². The Morgan fingerprint density at radius 2 is 2.06 bits per heavy atom. The molecular weight excluding hydrogens is 257 g/mol. The summed E-state index contributed by atoms with van der Waals surface area (Å²) in [6.45, 7) is 0.716. The zero-order chi connectivity index (χ0) is 12.3. The molecule has 1 aromatic carbocycles. The molecule has 0 spiro atoms. The normalized spacial score (nSPS) is 10.3. The monoisotopic (exact) mass is 267 g/mol. The Kier molecular flexibility index (Phi) is 3.82. The molecule has 0 aliphatic carbocycles. The Labute approximate surface area is 110 Å². The summed E-state index contributed by atoms with van der Waals surface area (Å²) in [5.41, 5.74) is 1.12. The Balaban J connectivity index is 2.14. The fraction of sp³-hybridized carbons (Fsp3) is 0.167. The van der Waals surface area contributed by atoms with Gasteiger partial charge in [-0.15, -0.1) is 0 Å². The molecule has 1 heterocycles. The van der Waals surface area contributed by atoms with E-state index in [-0.39, 0.29) is 5.28 Å².